The van der Waals surface area contributed by atoms with Crippen LogP contribution in [0.25, 0.3) is 11.4 Å². The lowest BCUT2D eigenvalue weighted by Gasteiger charge is -2.12. The minimum Gasteiger partial charge on any atom is -0.367 e. The molecule has 0 spiro atoms. The van der Waals surface area contributed by atoms with Crippen molar-refractivity contribution >= 4 is 17.4 Å². The van der Waals surface area contributed by atoms with Gasteiger partial charge >= 0.3 is 0 Å². The Bertz CT molecular complexity index is 981. The molecule has 5 nitrogen and oxygen atoms in total. The maximum absolute atomic E-state index is 12.9. The first-order chi connectivity index (χ1) is 13.1. The van der Waals surface area contributed by atoms with Gasteiger partial charge in [-0.15, -0.1) is 0 Å². The summed E-state index contributed by atoms with van der Waals surface area (Å²) in [5, 5.41) is 6.36. The second kappa shape index (κ2) is 7.19. The fourth-order valence-electron chi connectivity index (χ4n) is 2.85. The van der Waals surface area contributed by atoms with E-state index in [1.165, 1.54) is 0 Å². The predicted molar refractivity (Wildman–Crippen MR) is 108 cm³/mol. The number of aromatic nitrogens is 2. The van der Waals surface area contributed by atoms with E-state index in [-0.39, 0.29) is 5.91 Å². The van der Waals surface area contributed by atoms with Gasteiger partial charge in [-0.3, -0.25) is 4.79 Å². The molecule has 0 atom stereocenters. The molecule has 1 amide bonds. The summed E-state index contributed by atoms with van der Waals surface area (Å²) < 4.78 is 0. The van der Waals surface area contributed by atoms with Crippen LogP contribution in [0.4, 0.5) is 11.5 Å². The molecule has 0 bridgehead atoms. The molecule has 1 fully saturated rings. The summed E-state index contributed by atoms with van der Waals surface area (Å²) in [5.74, 6) is 1.01. The molecule has 2 N–H and O–H groups in total. The Balaban J connectivity index is 1.67. The van der Waals surface area contributed by atoms with E-state index in [0.29, 0.717) is 23.4 Å². The third kappa shape index (κ3) is 4.14. The second-order valence-electron chi connectivity index (χ2n) is 7.02. The minimum absolute atomic E-state index is 0.234. The Morgan fingerprint density at radius 3 is 2.52 bits per heavy atom. The molecule has 1 saturated carbocycles. The number of carbonyl (C=O) groups is 1. The highest BCUT2D eigenvalue weighted by Gasteiger charge is 2.23. The third-order valence-electron chi connectivity index (χ3n) is 4.56. The number of anilines is 2. The fourth-order valence-corrected chi connectivity index (χ4v) is 2.85. The maximum atomic E-state index is 12.9. The average molecular weight is 358 g/mol. The highest BCUT2D eigenvalue weighted by Crippen LogP contribution is 2.26. The number of nitrogens with zero attached hydrogens (tertiary/aromatic N) is 2. The summed E-state index contributed by atoms with van der Waals surface area (Å²) in [7, 11) is 0. The van der Waals surface area contributed by atoms with Gasteiger partial charge in [-0.05, 0) is 43.9 Å². The number of carbonyl (C=O) groups excluding carboxylic acids is 1. The zero-order valence-electron chi connectivity index (χ0n) is 15.5. The molecule has 1 heterocycles. The van der Waals surface area contributed by atoms with Gasteiger partial charge in [-0.1, -0.05) is 42.5 Å². The molecule has 27 heavy (non-hydrogen) atoms. The average Bonchev–Trinajstić information content (AvgIpc) is 3.49. The molecule has 3 aromatic rings. The lowest BCUT2D eigenvalue weighted by Crippen LogP contribution is -2.16. The molecular weight excluding hydrogens is 336 g/mol. The van der Waals surface area contributed by atoms with Crippen molar-refractivity contribution in [2.75, 3.05) is 10.6 Å². The molecule has 5 heteroatoms. The lowest BCUT2D eigenvalue weighted by molar-refractivity contribution is 0.102. The Morgan fingerprint density at radius 1 is 1.00 bits per heavy atom. The highest BCUT2D eigenvalue weighted by molar-refractivity contribution is 6.04. The molecule has 0 unspecified atom stereocenters. The summed E-state index contributed by atoms with van der Waals surface area (Å²) in [6.07, 6.45) is 2.27. The summed E-state index contributed by atoms with van der Waals surface area (Å²) in [4.78, 5) is 22.0. The molecule has 1 aromatic heterocycles. The first kappa shape index (κ1) is 17.2. The summed E-state index contributed by atoms with van der Waals surface area (Å²) in [6, 6.07) is 17.9. The Hall–Kier alpha value is -3.21. The molecule has 0 radical (unpaired) electrons. The summed E-state index contributed by atoms with van der Waals surface area (Å²) in [6.45, 7) is 3.98. The zero-order chi connectivity index (χ0) is 18.8. The highest BCUT2D eigenvalue weighted by atomic mass is 16.1. The quantitative estimate of drug-likeness (QED) is 0.700. The van der Waals surface area contributed by atoms with Gasteiger partial charge in [0, 0.05) is 23.4 Å². The number of benzene rings is 2. The van der Waals surface area contributed by atoms with Crippen molar-refractivity contribution in [3.63, 3.8) is 0 Å². The van der Waals surface area contributed by atoms with Gasteiger partial charge in [0.1, 0.15) is 11.5 Å². The Kier molecular flexibility index (Phi) is 4.59. The van der Waals surface area contributed by atoms with Crippen molar-refractivity contribution in [1.82, 2.24) is 9.97 Å². The van der Waals surface area contributed by atoms with E-state index >= 15 is 0 Å². The van der Waals surface area contributed by atoms with Gasteiger partial charge in [0.05, 0.1) is 0 Å². The topological polar surface area (TPSA) is 66.9 Å². The van der Waals surface area contributed by atoms with Gasteiger partial charge < -0.3 is 10.6 Å². The zero-order valence-corrected chi connectivity index (χ0v) is 15.5. The number of aryl methyl sites for hydroxylation is 2. The van der Waals surface area contributed by atoms with E-state index in [1.54, 1.807) is 6.07 Å². The van der Waals surface area contributed by atoms with E-state index in [1.807, 2.05) is 62.4 Å². The number of hydrogen-bond donors (Lipinski definition) is 2. The SMILES string of the molecule is Cc1ccc(C)c(NC(=O)c2cc(NC3CC3)nc(-c3ccccc3)n2)c1. The van der Waals surface area contributed by atoms with Crippen LogP contribution in [0.15, 0.2) is 54.6 Å². The summed E-state index contributed by atoms with van der Waals surface area (Å²) >= 11 is 0. The molecular formula is C22H22N4O. The van der Waals surface area contributed by atoms with E-state index in [4.69, 9.17) is 0 Å². The van der Waals surface area contributed by atoms with Crippen LogP contribution >= 0.6 is 0 Å². The van der Waals surface area contributed by atoms with Crippen LogP contribution in [-0.2, 0) is 0 Å². The van der Waals surface area contributed by atoms with Crippen molar-refractivity contribution in [2.24, 2.45) is 0 Å². The lowest BCUT2D eigenvalue weighted by atomic mass is 10.1. The van der Waals surface area contributed by atoms with Crippen LogP contribution in [-0.4, -0.2) is 21.9 Å². The van der Waals surface area contributed by atoms with E-state index in [0.717, 1.165) is 35.2 Å². The fraction of sp³-hybridized carbons (Fsp3) is 0.227. The van der Waals surface area contributed by atoms with Gasteiger partial charge in [-0.25, -0.2) is 9.97 Å². The largest absolute Gasteiger partial charge is 0.367 e. The van der Waals surface area contributed by atoms with Crippen LogP contribution in [0.3, 0.4) is 0 Å². The molecule has 136 valence electrons. The molecule has 1 aliphatic carbocycles. The number of rotatable bonds is 5. The second-order valence-corrected chi connectivity index (χ2v) is 7.02. The number of amides is 1. The number of nitrogens with one attached hydrogen (secondary N) is 2. The monoisotopic (exact) mass is 358 g/mol. The van der Waals surface area contributed by atoms with Crippen LogP contribution in [0.5, 0.6) is 0 Å². The first-order valence-electron chi connectivity index (χ1n) is 9.18. The molecule has 4 rings (SSSR count). The maximum Gasteiger partial charge on any atom is 0.274 e. The van der Waals surface area contributed by atoms with Crippen LogP contribution in [0, 0.1) is 13.8 Å². The normalized spacial score (nSPS) is 13.3. The smallest absolute Gasteiger partial charge is 0.274 e. The Labute approximate surface area is 158 Å². The van der Waals surface area contributed by atoms with Gasteiger partial charge in [0.25, 0.3) is 5.91 Å². The standard InChI is InChI=1S/C22H22N4O/c1-14-8-9-15(2)18(12-14)25-22(27)19-13-20(23-17-10-11-17)26-21(24-19)16-6-4-3-5-7-16/h3-9,12-13,17H,10-11H2,1-2H3,(H,25,27)(H,23,24,26). The van der Waals surface area contributed by atoms with Crippen molar-refractivity contribution < 1.29 is 4.79 Å². The van der Waals surface area contributed by atoms with Crippen molar-refractivity contribution in [3.05, 3.63) is 71.4 Å². The van der Waals surface area contributed by atoms with Crippen LogP contribution < -0.4 is 10.6 Å². The first-order valence-corrected chi connectivity index (χ1v) is 9.18. The molecule has 1 aliphatic rings. The molecule has 0 aliphatic heterocycles. The molecule has 0 saturated heterocycles. The van der Waals surface area contributed by atoms with Gasteiger partial charge in [0.15, 0.2) is 5.82 Å². The van der Waals surface area contributed by atoms with E-state index in [2.05, 4.69) is 20.6 Å². The van der Waals surface area contributed by atoms with Gasteiger partial charge in [0.2, 0.25) is 0 Å². The van der Waals surface area contributed by atoms with Crippen molar-refractivity contribution in [2.45, 2.75) is 32.7 Å². The van der Waals surface area contributed by atoms with Crippen LogP contribution in [0.2, 0.25) is 0 Å². The third-order valence-corrected chi connectivity index (χ3v) is 4.56. The van der Waals surface area contributed by atoms with Crippen LogP contribution in [0.1, 0.15) is 34.5 Å². The minimum atomic E-state index is -0.234. The predicted octanol–water partition coefficient (Wildman–Crippen LogP) is 4.59. The van der Waals surface area contributed by atoms with E-state index in [9.17, 15) is 4.79 Å². The summed E-state index contributed by atoms with van der Waals surface area (Å²) in [5.41, 5.74) is 4.16. The van der Waals surface area contributed by atoms with Crippen molar-refractivity contribution in [3.8, 4) is 11.4 Å². The van der Waals surface area contributed by atoms with Crippen molar-refractivity contribution in [1.29, 1.82) is 0 Å². The Morgan fingerprint density at radius 2 is 1.78 bits per heavy atom. The molecule has 2 aromatic carbocycles. The van der Waals surface area contributed by atoms with E-state index < -0.39 is 0 Å². The number of hydrogen-bond acceptors (Lipinski definition) is 4. The van der Waals surface area contributed by atoms with Gasteiger partial charge in [-0.2, -0.15) is 0 Å².